The van der Waals surface area contributed by atoms with Crippen LogP contribution in [0.3, 0.4) is 0 Å². The quantitative estimate of drug-likeness (QED) is 0.584. The van der Waals surface area contributed by atoms with Gasteiger partial charge in [0.1, 0.15) is 6.10 Å². The van der Waals surface area contributed by atoms with Gasteiger partial charge in [-0.3, -0.25) is 9.78 Å². The Morgan fingerprint density at radius 1 is 1.53 bits per heavy atom. The summed E-state index contributed by atoms with van der Waals surface area (Å²) in [6.45, 7) is 0.432. The fraction of sp³-hybridized carbons (Fsp3) is 0.400. The molecule has 0 aliphatic heterocycles. The van der Waals surface area contributed by atoms with Crippen LogP contribution in [-0.2, 0) is 11.2 Å². The number of carbonyl (C=O) groups excluding carboxylic acids is 1. The van der Waals surface area contributed by atoms with E-state index < -0.39 is 12.0 Å². The van der Waals surface area contributed by atoms with Gasteiger partial charge in [-0.1, -0.05) is 0 Å². The molecule has 1 heterocycles. The van der Waals surface area contributed by atoms with E-state index >= 15 is 0 Å². The SMILES string of the molecule is NCC(O)C(=O)NCCc1ccncc1. The molecule has 0 fully saturated rings. The van der Waals surface area contributed by atoms with Gasteiger partial charge in [-0.15, -0.1) is 0 Å². The fourth-order valence-corrected chi connectivity index (χ4v) is 1.10. The number of amides is 1. The van der Waals surface area contributed by atoms with Crippen LogP contribution in [0, 0.1) is 0 Å². The first-order valence-corrected chi connectivity index (χ1v) is 4.79. The number of hydrogen-bond acceptors (Lipinski definition) is 4. The van der Waals surface area contributed by atoms with E-state index in [0.717, 1.165) is 5.56 Å². The van der Waals surface area contributed by atoms with Gasteiger partial charge >= 0.3 is 0 Å². The van der Waals surface area contributed by atoms with Crippen LogP contribution in [-0.4, -0.2) is 35.2 Å². The van der Waals surface area contributed by atoms with E-state index in [1.165, 1.54) is 0 Å². The van der Waals surface area contributed by atoms with Gasteiger partial charge in [0.2, 0.25) is 5.91 Å². The molecule has 5 nitrogen and oxygen atoms in total. The Morgan fingerprint density at radius 2 is 2.20 bits per heavy atom. The molecule has 1 unspecified atom stereocenters. The minimum atomic E-state index is -1.11. The summed E-state index contributed by atoms with van der Waals surface area (Å²) < 4.78 is 0. The van der Waals surface area contributed by atoms with Crippen molar-refractivity contribution in [3.8, 4) is 0 Å². The molecule has 5 heteroatoms. The Kier molecular flexibility index (Phi) is 4.73. The lowest BCUT2D eigenvalue weighted by Gasteiger charge is -2.08. The van der Waals surface area contributed by atoms with Crippen molar-refractivity contribution in [2.24, 2.45) is 5.73 Å². The number of nitrogens with two attached hydrogens (primary N) is 1. The van der Waals surface area contributed by atoms with Gasteiger partial charge in [-0.25, -0.2) is 0 Å². The molecule has 1 aromatic heterocycles. The highest BCUT2D eigenvalue weighted by Gasteiger charge is 2.10. The summed E-state index contributed by atoms with van der Waals surface area (Å²) in [5.74, 6) is -0.424. The molecule has 1 rings (SSSR count). The number of nitrogens with zero attached hydrogens (tertiary/aromatic N) is 1. The number of rotatable bonds is 5. The second-order valence-corrected chi connectivity index (χ2v) is 3.15. The van der Waals surface area contributed by atoms with E-state index in [1.54, 1.807) is 12.4 Å². The summed E-state index contributed by atoms with van der Waals surface area (Å²) in [6, 6.07) is 3.76. The number of aliphatic hydroxyl groups is 1. The predicted octanol–water partition coefficient (Wildman–Crippen LogP) is -0.940. The van der Waals surface area contributed by atoms with Crippen LogP contribution in [0.25, 0.3) is 0 Å². The van der Waals surface area contributed by atoms with Crippen molar-refractivity contribution in [1.82, 2.24) is 10.3 Å². The molecule has 1 aromatic rings. The zero-order chi connectivity index (χ0) is 11.1. The topological polar surface area (TPSA) is 88.2 Å². The maximum absolute atomic E-state index is 11.1. The molecular formula is C10H15N3O2. The molecule has 82 valence electrons. The molecule has 0 aliphatic rings. The number of nitrogens with one attached hydrogen (secondary N) is 1. The summed E-state index contributed by atoms with van der Waals surface area (Å²) >= 11 is 0. The standard InChI is InChI=1S/C10H15N3O2/c11-7-9(14)10(15)13-6-3-8-1-4-12-5-2-8/h1-2,4-5,9,14H,3,6-7,11H2,(H,13,15). The Morgan fingerprint density at radius 3 is 2.80 bits per heavy atom. The number of hydrogen-bond donors (Lipinski definition) is 3. The van der Waals surface area contributed by atoms with Crippen molar-refractivity contribution < 1.29 is 9.90 Å². The molecule has 0 spiro atoms. The lowest BCUT2D eigenvalue weighted by atomic mass is 10.2. The van der Waals surface area contributed by atoms with Gasteiger partial charge in [-0.2, -0.15) is 0 Å². The van der Waals surface area contributed by atoms with E-state index in [0.29, 0.717) is 13.0 Å². The lowest BCUT2D eigenvalue weighted by molar-refractivity contribution is -0.128. The normalized spacial score (nSPS) is 12.1. The number of pyridine rings is 1. The second-order valence-electron chi connectivity index (χ2n) is 3.15. The summed E-state index contributed by atoms with van der Waals surface area (Å²) in [6.07, 6.45) is 3.01. The third-order valence-corrected chi connectivity index (χ3v) is 1.99. The highest BCUT2D eigenvalue weighted by Crippen LogP contribution is 1.95. The summed E-state index contributed by atoms with van der Waals surface area (Å²) in [5, 5.41) is 11.7. The van der Waals surface area contributed by atoms with Crippen LogP contribution in [0.5, 0.6) is 0 Å². The maximum atomic E-state index is 11.1. The summed E-state index contributed by atoms with van der Waals surface area (Å²) in [5.41, 5.74) is 6.23. The predicted molar refractivity (Wildman–Crippen MR) is 56.0 cm³/mol. The van der Waals surface area contributed by atoms with E-state index in [9.17, 15) is 4.79 Å². The van der Waals surface area contributed by atoms with Crippen LogP contribution < -0.4 is 11.1 Å². The second kappa shape index (κ2) is 6.10. The first kappa shape index (κ1) is 11.6. The first-order valence-electron chi connectivity index (χ1n) is 4.79. The summed E-state index contributed by atoms with van der Waals surface area (Å²) in [7, 11) is 0. The molecular weight excluding hydrogens is 194 g/mol. The van der Waals surface area contributed by atoms with Crippen LogP contribution >= 0.6 is 0 Å². The molecule has 0 saturated heterocycles. The number of aromatic nitrogens is 1. The smallest absolute Gasteiger partial charge is 0.250 e. The summed E-state index contributed by atoms with van der Waals surface area (Å²) in [4.78, 5) is 15.0. The van der Waals surface area contributed by atoms with Crippen molar-refractivity contribution >= 4 is 5.91 Å². The van der Waals surface area contributed by atoms with E-state index in [2.05, 4.69) is 10.3 Å². The van der Waals surface area contributed by atoms with Crippen molar-refractivity contribution in [1.29, 1.82) is 0 Å². The Bertz CT molecular complexity index is 303. The fourth-order valence-electron chi connectivity index (χ4n) is 1.10. The highest BCUT2D eigenvalue weighted by molar-refractivity contribution is 5.80. The third-order valence-electron chi connectivity index (χ3n) is 1.99. The van der Waals surface area contributed by atoms with Crippen LogP contribution in [0.4, 0.5) is 0 Å². The van der Waals surface area contributed by atoms with Crippen molar-refractivity contribution in [2.45, 2.75) is 12.5 Å². The minimum absolute atomic E-state index is 0.0545. The van der Waals surface area contributed by atoms with E-state index in [-0.39, 0.29) is 6.54 Å². The third kappa shape index (κ3) is 4.05. The molecule has 0 bridgehead atoms. The Labute approximate surface area is 88.3 Å². The molecule has 1 amide bonds. The molecule has 0 radical (unpaired) electrons. The molecule has 0 aromatic carbocycles. The van der Waals surface area contributed by atoms with Gasteiger partial charge in [0.15, 0.2) is 0 Å². The minimum Gasteiger partial charge on any atom is -0.382 e. The van der Waals surface area contributed by atoms with Crippen molar-refractivity contribution in [3.63, 3.8) is 0 Å². The van der Waals surface area contributed by atoms with E-state index in [1.807, 2.05) is 12.1 Å². The van der Waals surface area contributed by atoms with Gasteiger partial charge < -0.3 is 16.2 Å². The van der Waals surface area contributed by atoms with Gasteiger partial charge in [0, 0.05) is 25.5 Å². The lowest BCUT2D eigenvalue weighted by Crippen LogP contribution is -2.39. The van der Waals surface area contributed by atoms with E-state index in [4.69, 9.17) is 10.8 Å². The zero-order valence-electron chi connectivity index (χ0n) is 8.39. The Hall–Kier alpha value is -1.46. The monoisotopic (exact) mass is 209 g/mol. The van der Waals surface area contributed by atoms with Crippen molar-refractivity contribution in [3.05, 3.63) is 30.1 Å². The molecule has 15 heavy (non-hydrogen) atoms. The zero-order valence-corrected chi connectivity index (χ0v) is 8.39. The number of carbonyl (C=O) groups is 1. The van der Waals surface area contributed by atoms with Crippen LogP contribution in [0.15, 0.2) is 24.5 Å². The Balaban J connectivity index is 2.25. The molecule has 0 saturated carbocycles. The average molecular weight is 209 g/mol. The van der Waals surface area contributed by atoms with Crippen molar-refractivity contribution in [2.75, 3.05) is 13.1 Å². The maximum Gasteiger partial charge on any atom is 0.250 e. The largest absolute Gasteiger partial charge is 0.382 e. The van der Waals surface area contributed by atoms with Gasteiger partial charge in [-0.05, 0) is 24.1 Å². The van der Waals surface area contributed by atoms with Gasteiger partial charge in [0.05, 0.1) is 0 Å². The van der Waals surface area contributed by atoms with Crippen LogP contribution in [0.2, 0.25) is 0 Å². The van der Waals surface area contributed by atoms with Gasteiger partial charge in [0.25, 0.3) is 0 Å². The van der Waals surface area contributed by atoms with Crippen LogP contribution in [0.1, 0.15) is 5.56 Å². The molecule has 0 aliphatic carbocycles. The average Bonchev–Trinajstić information content (AvgIpc) is 2.29. The molecule has 1 atom stereocenters. The molecule has 4 N–H and O–H groups in total. The highest BCUT2D eigenvalue weighted by atomic mass is 16.3. The first-order chi connectivity index (χ1) is 7.24. The number of aliphatic hydroxyl groups excluding tert-OH is 1.